The van der Waals surface area contributed by atoms with Crippen LogP contribution in [0.4, 0.5) is 0 Å². The molecule has 0 heterocycles. The first kappa shape index (κ1) is 15.7. The van der Waals surface area contributed by atoms with Crippen molar-refractivity contribution >= 4 is 5.97 Å². The van der Waals surface area contributed by atoms with Crippen LogP contribution in [0.5, 0.6) is 0 Å². The lowest BCUT2D eigenvalue weighted by Gasteiger charge is -2.32. The number of hydrogen-bond donors (Lipinski definition) is 1. The third kappa shape index (κ3) is 3.78. The molecule has 4 heteroatoms. The second-order valence-electron chi connectivity index (χ2n) is 4.16. The van der Waals surface area contributed by atoms with Gasteiger partial charge in [0.1, 0.15) is 0 Å². The van der Waals surface area contributed by atoms with E-state index >= 15 is 0 Å². The Morgan fingerprint density at radius 2 is 1.84 bits per heavy atom. The van der Waals surface area contributed by atoms with Gasteiger partial charge in [0, 0.05) is 6.61 Å². The fraction of sp³-hybridized carbons (Fsp3) is 0.533. The zero-order valence-electron chi connectivity index (χ0n) is 11.9. The number of esters is 1. The second kappa shape index (κ2) is 7.92. The molecule has 0 radical (unpaired) electrons. The fourth-order valence-electron chi connectivity index (χ4n) is 2.02. The minimum atomic E-state index is -0.929. The molecule has 0 aliphatic carbocycles. The van der Waals surface area contributed by atoms with E-state index in [0.717, 1.165) is 5.56 Å². The summed E-state index contributed by atoms with van der Waals surface area (Å²) in [5.74, 6) is -0.295. The number of ether oxygens (including phenoxy) is 2. The quantitative estimate of drug-likeness (QED) is 0.731. The Kier molecular flexibility index (Phi) is 6.53. The summed E-state index contributed by atoms with van der Waals surface area (Å²) in [6.45, 7) is 7.50. The zero-order valence-corrected chi connectivity index (χ0v) is 11.9. The smallest absolute Gasteiger partial charge is 0.333 e. The first-order valence-electron chi connectivity index (χ1n) is 6.76. The maximum atomic E-state index is 12.4. The van der Waals surface area contributed by atoms with Gasteiger partial charge in [0.05, 0.1) is 13.2 Å². The molecule has 0 aromatic heterocycles. The summed E-state index contributed by atoms with van der Waals surface area (Å²) in [5, 5.41) is 3.23. The Labute approximate surface area is 115 Å². The van der Waals surface area contributed by atoms with Crippen LogP contribution in [0.1, 0.15) is 26.3 Å². The van der Waals surface area contributed by atoms with Gasteiger partial charge in [0.2, 0.25) is 0 Å². The highest BCUT2D eigenvalue weighted by Crippen LogP contribution is 2.23. The molecule has 1 atom stereocenters. The maximum absolute atomic E-state index is 12.4. The van der Waals surface area contributed by atoms with Gasteiger partial charge in [-0.3, -0.25) is 5.32 Å². The largest absolute Gasteiger partial charge is 0.464 e. The van der Waals surface area contributed by atoms with E-state index in [9.17, 15) is 4.79 Å². The van der Waals surface area contributed by atoms with Crippen LogP contribution in [0.2, 0.25) is 0 Å². The van der Waals surface area contributed by atoms with E-state index in [0.29, 0.717) is 19.8 Å². The summed E-state index contributed by atoms with van der Waals surface area (Å²) in [6, 6.07) is 9.57. The van der Waals surface area contributed by atoms with Crippen LogP contribution in [0, 0.1) is 0 Å². The minimum Gasteiger partial charge on any atom is -0.464 e. The molecule has 1 N–H and O–H groups in total. The number of likely N-dealkylation sites (N-methyl/N-ethyl adjacent to an activating group) is 1. The summed E-state index contributed by atoms with van der Waals surface area (Å²) in [7, 11) is 0. The molecule has 4 nitrogen and oxygen atoms in total. The van der Waals surface area contributed by atoms with Crippen LogP contribution in [0.25, 0.3) is 0 Å². The first-order valence-corrected chi connectivity index (χ1v) is 6.76. The summed E-state index contributed by atoms with van der Waals surface area (Å²) < 4.78 is 10.7. The monoisotopic (exact) mass is 265 g/mol. The normalized spacial score (nSPS) is 13.8. The number of hydrogen-bond acceptors (Lipinski definition) is 4. The van der Waals surface area contributed by atoms with Crippen LogP contribution in [0.3, 0.4) is 0 Å². The lowest BCUT2D eigenvalue weighted by molar-refractivity contribution is -0.154. The van der Waals surface area contributed by atoms with Gasteiger partial charge in [-0.1, -0.05) is 37.3 Å². The molecule has 0 saturated carbocycles. The lowest BCUT2D eigenvalue weighted by atomic mass is 9.90. The van der Waals surface area contributed by atoms with Gasteiger partial charge >= 0.3 is 5.97 Å². The highest BCUT2D eigenvalue weighted by Gasteiger charge is 2.41. The molecule has 0 bridgehead atoms. The van der Waals surface area contributed by atoms with E-state index < -0.39 is 5.54 Å². The van der Waals surface area contributed by atoms with Gasteiger partial charge in [-0.25, -0.2) is 4.79 Å². The zero-order chi connectivity index (χ0) is 14.1. The number of rotatable bonds is 8. The van der Waals surface area contributed by atoms with Crippen molar-refractivity contribution in [1.82, 2.24) is 5.32 Å². The Hall–Kier alpha value is -1.39. The molecule has 0 spiro atoms. The van der Waals surface area contributed by atoms with Gasteiger partial charge in [0.25, 0.3) is 0 Å². The summed E-state index contributed by atoms with van der Waals surface area (Å²) in [5.41, 5.74) is -0.0640. The highest BCUT2D eigenvalue weighted by atomic mass is 16.5. The summed E-state index contributed by atoms with van der Waals surface area (Å²) in [4.78, 5) is 12.4. The third-order valence-corrected chi connectivity index (χ3v) is 2.89. The SMILES string of the molecule is CCNC(COCC)(C(=O)OCC)c1ccccc1. The van der Waals surface area contributed by atoms with Crippen molar-refractivity contribution in [1.29, 1.82) is 0 Å². The van der Waals surface area contributed by atoms with Crippen LogP contribution >= 0.6 is 0 Å². The molecule has 19 heavy (non-hydrogen) atoms. The van der Waals surface area contributed by atoms with Crippen molar-refractivity contribution in [2.75, 3.05) is 26.4 Å². The van der Waals surface area contributed by atoms with Crippen molar-refractivity contribution < 1.29 is 14.3 Å². The van der Waals surface area contributed by atoms with E-state index in [4.69, 9.17) is 9.47 Å². The van der Waals surface area contributed by atoms with Crippen LogP contribution in [-0.4, -0.2) is 32.3 Å². The Bertz CT molecular complexity index is 380. The maximum Gasteiger partial charge on any atom is 0.333 e. The third-order valence-electron chi connectivity index (χ3n) is 2.89. The molecule has 1 aromatic rings. The molecule has 0 amide bonds. The Morgan fingerprint density at radius 3 is 2.37 bits per heavy atom. The average molecular weight is 265 g/mol. The van der Waals surface area contributed by atoms with Crippen LogP contribution in [-0.2, 0) is 19.8 Å². The molecular weight excluding hydrogens is 242 g/mol. The second-order valence-corrected chi connectivity index (χ2v) is 4.16. The van der Waals surface area contributed by atoms with E-state index in [1.54, 1.807) is 6.92 Å². The number of carbonyl (C=O) groups is 1. The summed E-state index contributed by atoms with van der Waals surface area (Å²) >= 11 is 0. The predicted octanol–water partition coefficient (Wildman–Crippen LogP) is 2.09. The molecule has 0 saturated heterocycles. The number of nitrogens with one attached hydrogen (secondary N) is 1. The molecular formula is C15H23NO3. The van der Waals surface area contributed by atoms with Crippen LogP contribution in [0.15, 0.2) is 30.3 Å². The molecule has 106 valence electrons. The van der Waals surface area contributed by atoms with Gasteiger partial charge < -0.3 is 9.47 Å². The molecule has 1 unspecified atom stereocenters. The standard InChI is InChI=1S/C15H23NO3/c1-4-16-15(12-18-5-2,14(17)19-6-3)13-10-8-7-9-11-13/h7-11,16H,4-6,12H2,1-3H3. The topological polar surface area (TPSA) is 47.6 Å². The van der Waals surface area contributed by atoms with Crippen molar-refractivity contribution in [3.05, 3.63) is 35.9 Å². The van der Waals surface area contributed by atoms with Gasteiger partial charge in [0.15, 0.2) is 5.54 Å². The molecule has 0 aliphatic rings. The Morgan fingerprint density at radius 1 is 1.16 bits per heavy atom. The lowest BCUT2D eigenvalue weighted by Crippen LogP contribution is -2.53. The number of benzene rings is 1. The van der Waals surface area contributed by atoms with Gasteiger partial charge in [-0.2, -0.15) is 0 Å². The molecule has 0 aliphatic heterocycles. The highest BCUT2D eigenvalue weighted by molar-refractivity contribution is 5.83. The predicted molar refractivity (Wildman–Crippen MR) is 74.9 cm³/mol. The molecule has 1 aromatic carbocycles. The van der Waals surface area contributed by atoms with E-state index in [1.165, 1.54) is 0 Å². The van der Waals surface area contributed by atoms with Crippen molar-refractivity contribution in [3.63, 3.8) is 0 Å². The Balaban J connectivity index is 3.14. The van der Waals surface area contributed by atoms with Gasteiger partial charge in [-0.05, 0) is 26.0 Å². The minimum absolute atomic E-state index is 0.264. The fourth-order valence-corrected chi connectivity index (χ4v) is 2.02. The summed E-state index contributed by atoms with van der Waals surface area (Å²) in [6.07, 6.45) is 0. The number of carbonyl (C=O) groups excluding carboxylic acids is 1. The molecule has 0 fully saturated rings. The van der Waals surface area contributed by atoms with Crippen molar-refractivity contribution in [2.24, 2.45) is 0 Å². The van der Waals surface area contributed by atoms with E-state index in [2.05, 4.69) is 5.32 Å². The average Bonchev–Trinajstić information content (AvgIpc) is 2.44. The van der Waals surface area contributed by atoms with Crippen molar-refractivity contribution in [3.8, 4) is 0 Å². The van der Waals surface area contributed by atoms with Crippen molar-refractivity contribution in [2.45, 2.75) is 26.3 Å². The molecule has 1 rings (SSSR count). The van der Waals surface area contributed by atoms with Crippen LogP contribution < -0.4 is 5.32 Å². The van der Waals surface area contributed by atoms with E-state index in [-0.39, 0.29) is 12.6 Å². The first-order chi connectivity index (χ1) is 9.21. The van der Waals surface area contributed by atoms with Gasteiger partial charge in [-0.15, -0.1) is 0 Å². The van der Waals surface area contributed by atoms with E-state index in [1.807, 2.05) is 44.2 Å².